The van der Waals surface area contributed by atoms with Crippen LogP contribution in [0.5, 0.6) is 0 Å². The molecule has 0 spiro atoms. The van der Waals surface area contributed by atoms with Gasteiger partial charge in [0, 0.05) is 19.3 Å². The maximum Gasteiger partial charge on any atom is 0.410 e. The second-order valence-corrected chi connectivity index (χ2v) is 8.73. The standard InChI is InChI=1S/C25H37F2N3O4/c1-8-20(14-15-30(7)24(32)34-25(4,5)6)13-12-19(3)29-21(22(31)18(2)17-28)11-9-10-16-33-23(26)27/h9-12,20,23,29H,2,8,13-16H2,1,3-7H3/b10-9+,19-12+,21-11-. The molecule has 0 aliphatic carbocycles. The first-order chi connectivity index (χ1) is 15.8. The predicted molar refractivity (Wildman–Crippen MR) is 128 cm³/mol. The van der Waals surface area contributed by atoms with E-state index in [0.717, 1.165) is 12.8 Å². The lowest BCUT2D eigenvalue weighted by Gasteiger charge is -2.25. The Balaban J connectivity index is 5.09. The Hall–Kier alpha value is -2.99. The second kappa shape index (κ2) is 15.8. The number of nitrogens with zero attached hydrogens (tertiary/aromatic N) is 2. The van der Waals surface area contributed by atoms with Crippen molar-refractivity contribution in [1.82, 2.24) is 10.2 Å². The Morgan fingerprint density at radius 3 is 2.47 bits per heavy atom. The predicted octanol–water partition coefficient (Wildman–Crippen LogP) is 5.48. The van der Waals surface area contributed by atoms with Crippen molar-refractivity contribution in [2.45, 2.75) is 66.1 Å². The van der Waals surface area contributed by atoms with Crippen molar-refractivity contribution in [1.29, 1.82) is 5.26 Å². The molecule has 0 saturated carbocycles. The molecule has 7 nitrogen and oxygen atoms in total. The number of hydrogen-bond donors (Lipinski definition) is 1. The molecule has 0 rings (SSSR count). The quantitative estimate of drug-likeness (QED) is 0.201. The van der Waals surface area contributed by atoms with E-state index in [-0.39, 0.29) is 24.0 Å². The van der Waals surface area contributed by atoms with E-state index in [0.29, 0.717) is 24.6 Å². The summed E-state index contributed by atoms with van der Waals surface area (Å²) in [6.07, 6.45) is 8.03. The van der Waals surface area contributed by atoms with Crippen LogP contribution in [0.1, 0.15) is 53.9 Å². The molecule has 0 aromatic carbocycles. The fraction of sp³-hybridized carbons (Fsp3) is 0.560. The van der Waals surface area contributed by atoms with Gasteiger partial charge in [0.2, 0.25) is 5.78 Å². The van der Waals surface area contributed by atoms with Crippen LogP contribution in [-0.2, 0) is 14.3 Å². The summed E-state index contributed by atoms with van der Waals surface area (Å²) in [6, 6.07) is 1.71. The van der Waals surface area contributed by atoms with Gasteiger partial charge in [-0.05, 0) is 52.5 Å². The van der Waals surface area contributed by atoms with Crippen molar-refractivity contribution in [3.05, 3.63) is 47.9 Å². The molecule has 0 aromatic rings. The molecule has 1 atom stereocenters. The number of ketones is 1. The van der Waals surface area contributed by atoms with Gasteiger partial charge in [-0.25, -0.2) is 4.79 Å². The van der Waals surface area contributed by atoms with E-state index in [4.69, 9.17) is 10.00 Å². The maximum atomic E-state index is 12.4. The third-order valence-electron chi connectivity index (χ3n) is 4.62. The SMILES string of the molecule is C=C(C#N)C(=O)/C(=C/C=C/COC(F)F)N/C(C)=C/CC(CC)CCN(C)C(=O)OC(C)(C)C. The van der Waals surface area contributed by atoms with E-state index < -0.39 is 18.0 Å². The summed E-state index contributed by atoms with van der Waals surface area (Å²) in [4.78, 5) is 26.1. The molecule has 0 fully saturated rings. The van der Waals surface area contributed by atoms with E-state index in [1.54, 1.807) is 24.9 Å². The van der Waals surface area contributed by atoms with Crippen LogP contribution in [0.2, 0.25) is 0 Å². The molecule has 0 bridgehead atoms. The molecule has 0 aromatic heterocycles. The molecule has 34 heavy (non-hydrogen) atoms. The van der Waals surface area contributed by atoms with Crippen LogP contribution in [0.25, 0.3) is 0 Å². The van der Waals surface area contributed by atoms with Gasteiger partial charge < -0.3 is 19.7 Å². The van der Waals surface area contributed by atoms with Gasteiger partial charge in [0.05, 0.1) is 17.9 Å². The smallest absolute Gasteiger partial charge is 0.410 e. The highest BCUT2D eigenvalue weighted by atomic mass is 19.3. The van der Waals surface area contributed by atoms with Gasteiger partial charge in [0.15, 0.2) is 0 Å². The summed E-state index contributed by atoms with van der Waals surface area (Å²) in [7, 11) is 1.70. The number of Topliss-reactive ketones (excluding diaryl/α,β-unsaturated/α-hetero) is 1. The minimum absolute atomic E-state index is 0.0892. The largest absolute Gasteiger partial charge is 0.444 e. The molecule has 1 amide bonds. The van der Waals surface area contributed by atoms with Crippen LogP contribution in [0.4, 0.5) is 13.6 Å². The minimum Gasteiger partial charge on any atom is -0.444 e. The number of alkyl halides is 2. The lowest BCUT2D eigenvalue weighted by molar-refractivity contribution is -0.119. The molecule has 1 unspecified atom stereocenters. The molecule has 0 saturated heterocycles. The molecular weight excluding hydrogens is 444 g/mol. The highest BCUT2D eigenvalue weighted by Gasteiger charge is 2.20. The zero-order valence-electron chi connectivity index (χ0n) is 21.0. The molecule has 190 valence electrons. The van der Waals surface area contributed by atoms with Crippen molar-refractivity contribution in [2.24, 2.45) is 5.92 Å². The van der Waals surface area contributed by atoms with Gasteiger partial charge >= 0.3 is 12.7 Å². The number of carbonyl (C=O) groups is 2. The fourth-order valence-corrected chi connectivity index (χ4v) is 2.64. The van der Waals surface area contributed by atoms with Crippen molar-refractivity contribution in [3.63, 3.8) is 0 Å². The summed E-state index contributed by atoms with van der Waals surface area (Å²) in [5.41, 5.74) is -0.0284. The van der Waals surface area contributed by atoms with E-state index in [9.17, 15) is 18.4 Å². The van der Waals surface area contributed by atoms with Gasteiger partial charge in [-0.1, -0.05) is 38.2 Å². The van der Waals surface area contributed by atoms with Gasteiger partial charge in [-0.2, -0.15) is 14.0 Å². The lowest BCUT2D eigenvalue weighted by Crippen LogP contribution is -2.35. The Morgan fingerprint density at radius 2 is 1.94 bits per heavy atom. The monoisotopic (exact) mass is 481 g/mol. The zero-order chi connectivity index (χ0) is 26.3. The van der Waals surface area contributed by atoms with E-state index in [1.807, 2.05) is 26.8 Å². The number of nitrogens with one attached hydrogen (secondary N) is 1. The van der Waals surface area contributed by atoms with Gasteiger partial charge in [-0.3, -0.25) is 4.79 Å². The normalized spacial score (nSPS) is 13.5. The lowest BCUT2D eigenvalue weighted by atomic mass is 9.97. The minimum atomic E-state index is -2.88. The third kappa shape index (κ3) is 14.2. The number of rotatable bonds is 14. The molecule has 9 heteroatoms. The number of hydrogen-bond acceptors (Lipinski definition) is 6. The molecule has 1 N–H and O–H groups in total. The third-order valence-corrected chi connectivity index (χ3v) is 4.62. The van der Waals surface area contributed by atoms with Crippen LogP contribution in [0.3, 0.4) is 0 Å². The number of halogens is 2. The topological polar surface area (TPSA) is 91.7 Å². The van der Waals surface area contributed by atoms with Crippen molar-refractivity contribution < 1.29 is 27.8 Å². The Morgan fingerprint density at radius 1 is 1.29 bits per heavy atom. The first kappa shape index (κ1) is 31.0. The average molecular weight is 482 g/mol. The molecule has 0 aliphatic heterocycles. The fourth-order valence-electron chi connectivity index (χ4n) is 2.64. The Bertz CT molecular complexity index is 821. The van der Waals surface area contributed by atoms with E-state index in [2.05, 4.69) is 23.6 Å². The number of amides is 1. The van der Waals surface area contributed by atoms with Gasteiger partial charge in [-0.15, -0.1) is 0 Å². The Kier molecular flexibility index (Phi) is 14.4. The Labute approximate surface area is 201 Å². The number of allylic oxidation sites excluding steroid dienone is 5. The van der Waals surface area contributed by atoms with Crippen molar-refractivity contribution >= 4 is 11.9 Å². The number of nitriles is 1. The zero-order valence-corrected chi connectivity index (χ0v) is 21.0. The average Bonchev–Trinajstić information content (AvgIpc) is 2.75. The second-order valence-electron chi connectivity index (χ2n) is 8.73. The summed E-state index contributed by atoms with van der Waals surface area (Å²) >= 11 is 0. The first-order valence-electron chi connectivity index (χ1n) is 11.1. The molecule has 0 aliphatic rings. The van der Waals surface area contributed by atoms with Crippen LogP contribution in [0, 0.1) is 17.2 Å². The maximum absolute atomic E-state index is 12.4. The van der Waals surface area contributed by atoms with E-state index >= 15 is 0 Å². The molecular formula is C25H37F2N3O4. The number of carbonyl (C=O) groups excluding carboxylic acids is 2. The first-order valence-corrected chi connectivity index (χ1v) is 11.1. The summed E-state index contributed by atoms with van der Waals surface area (Å²) < 4.78 is 33.6. The van der Waals surface area contributed by atoms with Crippen molar-refractivity contribution in [2.75, 3.05) is 20.2 Å². The van der Waals surface area contributed by atoms with Gasteiger partial charge in [0.25, 0.3) is 0 Å². The summed E-state index contributed by atoms with van der Waals surface area (Å²) in [6.45, 7) is 10.1. The van der Waals surface area contributed by atoms with E-state index in [1.165, 1.54) is 18.2 Å². The van der Waals surface area contributed by atoms with Crippen molar-refractivity contribution in [3.8, 4) is 6.07 Å². The van der Waals surface area contributed by atoms with Crippen LogP contribution in [0.15, 0.2) is 47.9 Å². The molecule has 0 heterocycles. The molecule has 0 radical (unpaired) electrons. The van der Waals surface area contributed by atoms with Crippen LogP contribution >= 0.6 is 0 Å². The van der Waals surface area contributed by atoms with Crippen LogP contribution in [-0.4, -0.2) is 49.2 Å². The summed E-state index contributed by atoms with van der Waals surface area (Å²) in [5.74, 6) is -0.300. The van der Waals surface area contributed by atoms with Crippen LogP contribution < -0.4 is 5.32 Å². The number of ether oxygens (including phenoxy) is 2. The highest BCUT2D eigenvalue weighted by molar-refractivity contribution is 6.10. The van der Waals surface area contributed by atoms with Gasteiger partial charge in [0.1, 0.15) is 11.7 Å². The summed E-state index contributed by atoms with van der Waals surface area (Å²) in [5, 5.41) is 11.9. The highest BCUT2D eigenvalue weighted by Crippen LogP contribution is 2.17.